The van der Waals surface area contributed by atoms with Crippen molar-refractivity contribution in [3.05, 3.63) is 0 Å². The average Bonchev–Trinajstić information content (AvgIpc) is 1.63. The van der Waals surface area contributed by atoms with Gasteiger partial charge in [-0.25, -0.2) is 0 Å². The molecule has 0 aliphatic rings. The minimum Gasteiger partial charge on any atom is -0.310 e. The van der Waals surface area contributed by atoms with Crippen LogP contribution in [0.25, 0.3) is 0 Å². The first kappa shape index (κ1) is 8.34. The Balaban J connectivity index is 3.10. The van der Waals surface area contributed by atoms with Gasteiger partial charge < -0.3 is 10.8 Å². The summed E-state index contributed by atoms with van der Waals surface area (Å²) in [5.41, 5.74) is 1.44. The second-order valence-electron chi connectivity index (χ2n) is 2.41. The molecule has 52 valence electrons. The van der Waals surface area contributed by atoms with Crippen molar-refractivity contribution < 1.29 is 0 Å². The fourth-order valence-corrected chi connectivity index (χ4v) is 0.619. The maximum absolute atomic E-state index is 7.07. The summed E-state index contributed by atoms with van der Waals surface area (Å²) in [7, 11) is 0. The summed E-state index contributed by atoms with van der Waals surface area (Å²) >= 11 is 0. The highest BCUT2D eigenvalue weighted by Gasteiger charge is 1.90. The third kappa shape index (κ3) is 7.34. The molecule has 0 aliphatic carbocycles. The van der Waals surface area contributed by atoms with E-state index in [2.05, 4.69) is 0 Å². The maximum Gasteiger partial charge on any atom is 0.00583 e. The van der Waals surface area contributed by atoms with Crippen LogP contribution in [0.1, 0.15) is 33.1 Å². The molecular formula is C7H14N2. The Bertz CT molecular complexity index is 102. The molecule has 0 aromatic rings. The highest BCUT2D eigenvalue weighted by molar-refractivity contribution is 5.81. The van der Waals surface area contributed by atoms with Gasteiger partial charge in [0.25, 0.3) is 0 Å². The topological polar surface area (TPSA) is 47.7 Å². The first-order valence-electron chi connectivity index (χ1n) is 3.21. The molecule has 0 aromatic carbocycles. The summed E-state index contributed by atoms with van der Waals surface area (Å²) in [6, 6.07) is 0. The highest BCUT2D eigenvalue weighted by Crippen LogP contribution is 1.96. The highest BCUT2D eigenvalue weighted by atomic mass is 14.4. The van der Waals surface area contributed by atoms with Crippen LogP contribution in [0, 0.1) is 10.8 Å². The molecule has 0 radical (unpaired) electrons. The van der Waals surface area contributed by atoms with Gasteiger partial charge in [-0.05, 0) is 33.1 Å². The lowest BCUT2D eigenvalue weighted by atomic mass is 10.1. The summed E-state index contributed by atoms with van der Waals surface area (Å²) < 4.78 is 0. The van der Waals surface area contributed by atoms with Crippen molar-refractivity contribution in [2.45, 2.75) is 33.1 Å². The lowest BCUT2D eigenvalue weighted by molar-refractivity contribution is 0.906. The molecule has 0 unspecified atom stereocenters. The minimum absolute atomic E-state index is 0.719. The molecule has 0 bridgehead atoms. The second kappa shape index (κ2) is 4.24. The Kier molecular flexibility index (Phi) is 3.93. The van der Waals surface area contributed by atoms with Crippen molar-refractivity contribution in [1.82, 2.24) is 0 Å². The van der Waals surface area contributed by atoms with Crippen molar-refractivity contribution in [2.24, 2.45) is 0 Å². The molecule has 0 fully saturated rings. The summed E-state index contributed by atoms with van der Waals surface area (Å²) in [4.78, 5) is 0. The molecule has 2 nitrogen and oxygen atoms in total. The molecule has 0 atom stereocenters. The van der Waals surface area contributed by atoms with Crippen LogP contribution in [-0.4, -0.2) is 11.4 Å². The summed E-state index contributed by atoms with van der Waals surface area (Å²) in [5.74, 6) is 0. The van der Waals surface area contributed by atoms with Gasteiger partial charge in [-0.1, -0.05) is 0 Å². The van der Waals surface area contributed by atoms with Crippen LogP contribution in [0.15, 0.2) is 0 Å². The van der Waals surface area contributed by atoms with Crippen LogP contribution >= 0.6 is 0 Å². The molecule has 0 saturated carbocycles. The van der Waals surface area contributed by atoms with Crippen molar-refractivity contribution in [3.8, 4) is 0 Å². The number of rotatable bonds is 4. The zero-order chi connectivity index (χ0) is 7.28. The molecule has 0 aromatic heterocycles. The fraction of sp³-hybridized carbons (Fsp3) is 0.714. The van der Waals surface area contributed by atoms with Crippen molar-refractivity contribution >= 4 is 11.4 Å². The van der Waals surface area contributed by atoms with Crippen LogP contribution < -0.4 is 0 Å². The van der Waals surface area contributed by atoms with E-state index in [0.29, 0.717) is 0 Å². The smallest absolute Gasteiger partial charge is 0.00583 e. The van der Waals surface area contributed by atoms with Gasteiger partial charge in [-0.15, -0.1) is 0 Å². The SMILES string of the molecule is CC(=N)CCCC(C)=N. The zero-order valence-corrected chi connectivity index (χ0v) is 6.12. The van der Waals surface area contributed by atoms with E-state index >= 15 is 0 Å². The van der Waals surface area contributed by atoms with Crippen LogP contribution in [0.3, 0.4) is 0 Å². The number of hydrogen-bond acceptors (Lipinski definition) is 2. The normalized spacial score (nSPS) is 9.11. The molecule has 9 heavy (non-hydrogen) atoms. The number of nitrogens with one attached hydrogen (secondary N) is 2. The molecular weight excluding hydrogens is 112 g/mol. The molecule has 0 heterocycles. The Hall–Kier alpha value is -0.660. The van der Waals surface area contributed by atoms with E-state index < -0.39 is 0 Å². The Morgan fingerprint density at radius 3 is 1.56 bits per heavy atom. The Morgan fingerprint density at radius 1 is 1.00 bits per heavy atom. The maximum atomic E-state index is 7.07. The Labute approximate surface area is 56.3 Å². The summed E-state index contributed by atoms with van der Waals surface area (Å²) in [5, 5.41) is 14.1. The third-order valence-corrected chi connectivity index (χ3v) is 1.10. The zero-order valence-electron chi connectivity index (χ0n) is 6.12. The predicted molar refractivity (Wildman–Crippen MR) is 40.7 cm³/mol. The van der Waals surface area contributed by atoms with Gasteiger partial charge >= 0.3 is 0 Å². The first-order chi connectivity index (χ1) is 4.13. The monoisotopic (exact) mass is 126 g/mol. The largest absolute Gasteiger partial charge is 0.310 e. The molecule has 0 aliphatic heterocycles. The quantitative estimate of drug-likeness (QED) is 0.543. The van der Waals surface area contributed by atoms with Crippen molar-refractivity contribution in [2.75, 3.05) is 0 Å². The standard InChI is InChI=1S/C7H14N2/c1-6(8)4-3-5-7(2)9/h8-9H,3-5H2,1-2H3. The summed E-state index contributed by atoms with van der Waals surface area (Å²) in [6.45, 7) is 3.61. The third-order valence-electron chi connectivity index (χ3n) is 1.10. The minimum atomic E-state index is 0.719. The fourth-order valence-electron chi connectivity index (χ4n) is 0.619. The first-order valence-corrected chi connectivity index (χ1v) is 3.21. The lowest BCUT2D eigenvalue weighted by Crippen LogP contribution is -1.92. The molecule has 2 heteroatoms. The van der Waals surface area contributed by atoms with Crippen molar-refractivity contribution in [3.63, 3.8) is 0 Å². The van der Waals surface area contributed by atoms with E-state index in [0.717, 1.165) is 30.7 Å². The second-order valence-corrected chi connectivity index (χ2v) is 2.41. The van der Waals surface area contributed by atoms with Gasteiger partial charge in [0.15, 0.2) is 0 Å². The van der Waals surface area contributed by atoms with E-state index in [-0.39, 0.29) is 0 Å². The van der Waals surface area contributed by atoms with Gasteiger partial charge in [0.05, 0.1) is 0 Å². The van der Waals surface area contributed by atoms with E-state index in [1.807, 2.05) is 0 Å². The molecule has 0 rings (SSSR count). The van der Waals surface area contributed by atoms with Gasteiger partial charge in [-0.2, -0.15) is 0 Å². The molecule has 2 N–H and O–H groups in total. The lowest BCUT2D eigenvalue weighted by Gasteiger charge is -1.95. The van der Waals surface area contributed by atoms with Gasteiger partial charge in [-0.3, -0.25) is 0 Å². The molecule has 0 amide bonds. The van der Waals surface area contributed by atoms with Gasteiger partial charge in [0, 0.05) is 11.4 Å². The number of hydrogen-bond donors (Lipinski definition) is 2. The van der Waals surface area contributed by atoms with E-state index in [1.165, 1.54) is 0 Å². The van der Waals surface area contributed by atoms with Gasteiger partial charge in [0.2, 0.25) is 0 Å². The molecule has 0 saturated heterocycles. The van der Waals surface area contributed by atoms with E-state index in [4.69, 9.17) is 10.8 Å². The van der Waals surface area contributed by atoms with Crippen LogP contribution in [0.4, 0.5) is 0 Å². The summed E-state index contributed by atoms with van der Waals surface area (Å²) in [6.07, 6.45) is 2.65. The average molecular weight is 126 g/mol. The van der Waals surface area contributed by atoms with Crippen LogP contribution in [-0.2, 0) is 0 Å². The van der Waals surface area contributed by atoms with E-state index in [9.17, 15) is 0 Å². The van der Waals surface area contributed by atoms with Crippen LogP contribution in [0.5, 0.6) is 0 Å². The van der Waals surface area contributed by atoms with Crippen molar-refractivity contribution in [1.29, 1.82) is 10.8 Å². The molecule has 0 spiro atoms. The Morgan fingerprint density at radius 2 is 1.33 bits per heavy atom. The predicted octanol–water partition coefficient (Wildman–Crippen LogP) is 2.24. The van der Waals surface area contributed by atoms with Crippen LogP contribution in [0.2, 0.25) is 0 Å². The van der Waals surface area contributed by atoms with E-state index in [1.54, 1.807) is 13.8 Å². The van der Waals surface area contributed by atoms with Gasteiger partial charge in [0.1, 0.15) is 0 Å².